The van der Waals surface area contributed by atoms with Crippen LogP contribution in [0, 0.1) is 13.8 Å². The van der Waals surface area contributed by atoms with Gasteiger partial charge < -0.3 is 10.2 Å². The first-order chi connectivity index (χ1) is 15.9. The number of rotatable bonds is 7. The summed E-state index contributed by atoms with van der Waals surface area (Å²) in [4.78, 5) is 30.7. The van der Waals surface area contributed by atoms with Crippen LogP contribution in [-0.4, -0.2) is 24.9 Å². The zero-order valence-corrected chi connectivity index (χ0v) is 19.6. The third-order valence-corrected chi connectivity index (χ3v) is 6.00. The first-order valence-electron chi connectivity index (χ1n) is 11.3. The molecule has 2 amide bonds. The summed E-state index contributed by atoms with van der Waals surface area (Å²) >= 11 is 0. The minimum Gasteiger partial charge on any atom is -0.372 e. The van der Waals surface area contributed by atoms with E-state index >= 15 is 0 Å². The van der Waals surface area contributed by atoms with Crippen molar-refractivity contribution < 1.29 is 9.59 Å². The van der Waals surface area contributed by atoms with Crippen molar-refractivity contribution in [2.75, 3.05) is 28.2 Å². The van der Waals surface area contributed by atoms with E-state index in [2.05, 4.69) is 24.1 Å². The highest BCUT2D eigenvalue weighted by Crippen LogP contribution is 2.35. The molecule has 0 unspecified atom stereocenters. The molecule has 5 heteroatoms. The maximum atomic E-state index is 13.6. The third-order valence-electron chi connectivity index (χ3n) is 6.00. The van der Waals surface area contributed by atoms with Crippen LogP contribution in [0.2, 0.25) is 0 Å². The number of imide groups is 1. The van der Waals surface area contributed by atoms with Gasteiger partial charge in [-0.15, -0.1) is 0 Å². The van der Waals surface area contributed by atoms with Crippen LogP contribution in [0.25, 0.3) is 5.57 Å². The minimum atomic E-state index is -0.348. The molecule has 1 N–H and O–H groups in total. The molecular formula is C28H29N3O2. The highest BCUT2D eigenvalue weighted by Gasteiger charge is 2.40. The van der Waals surface area contributed by atoms with Crippen LogP contribution < -0.4 is 15.1 Å². The second-order valence-corrected chi connectivity index (χ2v) is 8.20. The SMILES string of the molecule is CCN(CC)c1ccc(NC2=C(c3ccccc3)C(=O)N(c3ccc(C)cc3C)C2=O)cc1. The summed E-state index contributed by atoms with van der Waals surface area (Å²) in [5, 5.41) is 3.25. The van der Waals surface area contributed by atoms with E-state index in [1.807, 2.05) is 86.6 Å². The van der Waals surface area contributed by atoms with Gasteiger partial charge >= 0.3 is 0 Å². The Labute approximate surface area is 195 Å². The Morgan fingerprint density at radius 3 is 2.09 bits per heavy atom. The number of benzene rings is 3. The minimum absolute atomic E-state index is 0.293. The Bertz CT molecular complexity index is 1210. The Morgan fingerprint density at radius 2 is 1.48 bits per heavy atom. The number of hydrogen-bond donors (Lipinski definition) is 1. The molecule has 0 aromatic heterocycles. The Kier molecular flexibility index (Phi) is 6.31. The lowest BCUT2D eigenvalue weighted by atomic mass is 10.0. The number of aryl methyl sites for hydroxylation is 2. The molecule has 0 saturated carbocycles. The molecule has 0 bridgehead atoms. The van der Waals surface area contributed by atoms with Gasteiger partial charge in [0.05, 0.1) is 11.3 Å². The molecule has 1 aliphatic rings. The molecule has 5 nitrogen and oxygen atoms in total. The Balaban J connectivity index is 1.75. The van der Waals surface area contributed by atoms with E-state index in [-0.39, 0.29) is 11.8 Å². The van der Waals surface area contributed by atoms with Crippen molar-refractivity contribution in [3.05, 3.63) is 95.2 Å². The van der Waals surface area contributed by atoms with Gasteiger partial charge in [0.2, 0.25) is 0 Å². The van der Waals surface area contributed by atoms with Crippen molar-refractivity contribution in [2.45, 2.75) is 27.7 Å². The van der Waals surface area contributed by atoms with Crippen molar-refractivity contribution in [3.8, 4) is 0 Å². The summed E-state index contributed by atoms with van der Waals surface area (Å²) < 4.78 is 0. The van der Waals surface area contributed by atoms with E-state index in [1.54, 1.807) is 0 Å². The molecule has 3 aromatic carbocycles. The fourth-order valence-electron chi connectivity index (χ4n) is 4.28. The third kappa shape index (κ3) is 4.27. The maximum Gasteiger partial charge on any atom is 0.282 e. The quantitative estimate of drug-likeness (QED) is 0.491. The van der Waals surface area contributed by atoms with Crippen molar-refractivity contribution >= 4 is 34.4 Å². The van der Waals surface area contributed by atoms with Crippen molar-refractivity contribution in [2.24, 2.45) is 0 Å². The number of carbonyl (C=O) groups excluding carboxylic acids is 2. The van der Waals surface area contributed by atoms with E-state index in [1.165, 1.54) is 4.90 Å². The lowest BCUT2D eigenvalue weighted by molar-refractivity contribution is -0.120. The van der Waals surface area contributed by atoms with Gasteiger partial charge in [-0.3, -0.25) is 9.59 Å². The Hall–Kier alpha value is -3.86. The summed E-state index contributed by atoms with van der Waals surface area (Å²) in [5.74, 6) is -0.668. The van der Waals surface area contributed by atoms with Gasteiger partial charge in [0.1, 0.15) is 5.70 Å². The molecular weight excluding hydrogens is 410 g/mol. The largest absolute Gasteiger partial charge is 0.372 e. The first-order valence-corrected chi connectivity index (χ1v) is 11.3. The molecule has 3 aromatic rings. The molecule has 4 rings (SSSR count). The van der Waals surface area contributed by atoms with Gasteiger partial charge in [-0.2, -0.15) is 0 Å². The van der Waals surface area contributed by atoms with Crippen LogP contribution in [-0.2, 0) is 9.59 Å². The molecule has 0 saturated heterocycles. The van der Waals surface area contributed by atoms with Gasteiger partial charge in [-0.1, -0.05) is 48.0 Å². The van der Waals surface area contributed by atoms with Crippen LogP contribution in [0.15, 0.2) is 78.5 Å². The van der Waals surface area contributed by atoms with Gasteiger partial charge in [-0.05, 0) is 69.2 Å². The normalized spacial score (nSPS) is 13.6. The molecule has 168 valence electrons. The maximum absolute atomic E-state index is 13.6. The second kappa shape index (κ2) is 9.33. The van der Waals surface area contributed by atoms with E-state index in [9.17, 15) is 9.59 Å². The lowest BCUT2D eigenvalue weighted by Crippen LogP contribution is -2.33. The van der Waals surface area contributed by atoms with Crippen LogP contribution in [0.1, 0.15) is 30.5 Å². The number of anilines is 3. The summed E-state index contributed by atoms with van der Waals surface area (Å²) in [7, 11) is 0. The zero-order chi connectivity index (χ0) is 23.5. The van der Waals surface area contributed by atoms with Gasteiger partial charge in [0.25, 0.3) is 11.8 Å². The van der Waals surface area contributed by atoms with Crippen LogP contribution >= 0.6 is 0 Å². The average Bonchev–Trinajstić information content (AvgIpc) is 3.06. The number of carbonyl (C=O) groups is 2. The number of nitrogens with zero attached hydrogens (tertiary/aromatic N) is 2. The van der Waals surface area contributed by atoms with Gasteiger partial charge in [0, 0.05) is 24.5 Å². The van der Waals surface area contributed by atoms with Gasteiger partial charge in [-0.25, -0.2) is 4.90 Å². The highest BCUT2D eigenvalue weighted by atomic mass is 16.2. The summed E-state index contributed by atoms with van der Waals surface area (Å²) in [6.45, 7) is 10.00. The summed E-state index contributed by atoms with van der Waals surface area (Å²) in [5.41, 5.74) is 5.84. The van der Waals surface area contributed by atoms with E-state index < -0.39 is 0 Å². The van der Waals surface area contributed by atoms with E-state index in [0.717, 1.165) is 35.6 Å². The molecule has 1 aliphatic heterocycles. The molecule has 0 aliphatic carbocycles. The van der Waals surface area contributed by atoms with Crippen LogP contribution in [0.3, 0.4) is 0 Å². The summed E-state index contributed by atoms with van der Waals surface area (Å²) in [6, 6.07) is 23.0. The Morgan fingerprint density at radius 1 is 0.818 bits per heavy atom. The van der Waals surface area contributed by atoms with Crippen molar-refractivity contribution in [1.82, 2.24) is 0 Å². The highest BCUT2D eigenvalue weighted by molar-refractivity contribution is 6.46. The fourth-order valence-corrected chi connectivity index (χ4v) is 4.28. The molecule has 33 heavy (non-hydrogen) atoms. The van der Waals surface area contributed by atoms with Crippen LogP contribution in [0.4, 0.5) is 17.1 Å². The summed E-state index contributed by atoms with van der Waals surface area (Å²) in [6.07, 6.45) is 0. The first kappa shape index (κ1) is 22.3. The number of amides is 2. The monoisotopic (exact) mass is 439 g/mol. The van der Waals surface area contributed by atoms with E-state index in [0.29, 0.717) is 22.5 Å². The smallest absolute Gasteiger partial charge is 0.282 e. The van der Waals surface area contributed by atoms with Crippen molar-refractivity contribution in [1.29, 1.82) is 0 Å². The second-order valence-electron chi connectivity index (χ2n) is 8.20. The molecule has 0 radical (unpaired) electrons. The predicted molar refractivity (Wildman–Crippen MR) is 135 cm³/mol. The van der Waals surface area contributed by atoms with E-state index in [4.69, 9.17) is 0 Å². The standard InChI is InChI=1S/C28H29N3O2/c1-5-30(6-2)23-15-13-22(14-16-23)29-26-25(21-10-8-7-9-11-21)27(32)31(28(26)33)24-17-12-19(3)18-20(24)4/h7-18,29H,5-6H2,1-4H3. The fraction of sp³-hybridized carbons (Fsp3) is 0.214. The molecule has 1 heterocycles. The average molecular weight is 440 g/mol. The van der Waals surface area contributed by atoms with Gasteiger partial charge in [0.15, 0.2) is 0 Å². The molecule has 0 atom stereocenters. The molecule has 0 fully saturated rings. The lowest BCUT2D eigenvalue weighted by Gasteiger charge is -2.21. The molecule has 0 spiro atoms. The van der Waals surface area contributed by atoms with Crippen molar-refractivity contribution in [3.63, 3.8) is 0 Å². The zero-order valence-electron chi connectivity index (χ0n) is 19.6. The number of hydrogen-bond acceptors (Lipinski definition) is 4. The predicted octanol–water partition coefficient (Wildman–Crippen LogP) is 5.55. The van der Waals surface area contributed by atoms with Crippen LogP contribution in [0.5, 0.6) is 0 Å². The topological polar surface area (TPSA) is 52.7 Å². The number of nitrogens with one attached hydrogen (secondary N) is 1.